The van der Waals surface area contributed by atoms with Crippen molar-refractivity contribution in [3.8, 4) is 5.69 Å². The predicted octanol–water partition coefficient (Wildman–Crippen LogP) is 1.73. The van der Waals surface area contributed by atoms with Crippen molar-refractivity contribution in [2.75, 3.05) is 6.54 Å². The average molecular weight is 333 g/mol. The van der Waals surface area contributed by atoms with E-state index in [0.29, 0.717) is 25.5 Å². The van der Waals surface area contributed by atoms with Crippen molar-refractivity contribution in [3.05, 3.63) is 82.0 Å². The van der Waals surface area contributed by atoms with Crippen LogP contribution < -0.4 is 11.4 Å². The highest BCUT2D eigenvalue weighted by Gasteiger charge is 2.22. The fourth-order valence-corrected chi connectivity index (χ4v) is 3.13. The fraction of sp³-hybridized carbons (Fsp3) is 0.211. The zero-order chi connectivity index (χ0) is 17.2. The van der Waals surface area contributed by atoms with Crippen LogP contribution in [0.4, 0.5) is 0 Å². The summed E-state index contributed by atoms with van der Waals surface area (Å²) in [4.78, 5) is 17.6. The standard InChI is InChI=1S/C19H19N5O/c20-11-6-12-23-19(25)24-16-10-5-4-9-15(16)18(21-13-17(24)22-23)14-7-2-1-3-8-14/h1-5,7-10H,6,11-13,20H2. The first-order chi connectivity index (χ1) is 12.3. The van der Waals surface area contributed by atoms with Crippen molar-refractivity contribution >= 4 is 5.71 Å². The lowest BCUT2D eigenvalue weighted by molar-refractivity contribution is 0.559. The molecular weight excluding hydrogens is 314 g/mol. The Morgan fingerprint density at radius 3 is 2.60 bits per heavy atom. The molecule has 3 aromatic rings. The molecule has 0 amide bonds. The SMILES string of the molecule is NCCCn1nc2n(c1=O)-c1ccccc1C(c1ccccc1)=NC2. The molecule has 1 aliphatic rings. The maximum Gasteiger partial charge on any atom is 0.350 e. The van der Waals surface area contributed by atoms with Gasteiger partial charge in [0.2, 0.25) is 0 Å². The molecule has 0 fully saturated rings. The Balaban J connectivity index is 1.89. The second kappa shape index (κ2) is 6.49. The number of nitrogens with two attached hydrogens (primary N) is 1. The zero-order valence-corrected chi connectivity index (χ0v) is 13.8. The van der Waals surface area contributed by atoms with Crippen LogP contribution in [-0.2, 0) is 13.1 Å². The van der Waals surface area contributed by atoms with Gasteiger partial charge in [0, 0.05) is 17.7 Å². The molecule has 2 aromatic carbocycles. The van der Waals surface area contributed by atoms with Gasteiger partial charge in [0.1, 0.15) is 6.54 Å². The van der Waals surface area contributed by atoms with Crippen LogP contribution in [0.1, 0.15) is 23.4 Å². The summed E-state index contributed by atoms with van der Waals surface area (Å²) < 4.78 is 3.16. The molecule has 0 atom stereocenters. The number of fused-ring (bicyclic) bond motifs is 3. The summed E-state index contributed by atoms with van der Waals surface area (Å²) in [6.45, 7) is 1.41. The second-order valence-electron chi connectivity index (χ2n) is 5.95. The zero-order valence-electron chi connectivity index (χ0n) is 13.8. The first kappa shape index (κ1) is 15.5. The van der Waals surface area contributed by atoms with Gasteiger partial charge in [-0.2, -0.15) is 5.10 Å². The van der Waals surface area contributed by atoms with Gasteiger partial charge in [0.05, 0.1) is 11.4 Å². The van der Waals surface area contributed by atoms with Gasteiger partial charge in [-0.3, -0.25) is 4.99 Å². The third-order valence-corrected chi connectivity index (χ3v) is 4.31. The Kier molecular flexibility index (Phi) is 4.03. The van der Waals surface area contributed by atoms with E-state index in [4.69, 9.17) is 10.7 Å². The molecule has 0 radical (unpaired) electrons. The van der Waals surface area contributed by atoms with Gasteiger partial charge in [0.25, 0.3) is 0 Å². The van der Waals surface area contributed by atoms with E-state index < -0.39 is 0 Å². The smallest absolute Gasteiger partial charge is 0.330 e. The number of aliphatic imine (C=N–C) groups is 1. The maximum atomic E-state index is 12.8. The van der Waals surface area contributed by atoms with Crippen LogP contribution in [0.5, 0.6) is 0 Å². The van der Waals surface area contributed by atoms with Gasteiger partial charge in [-0.15, -0.1) is 0 Å². The van der Waals surface area contributed by atoms with Crippen molar-refractivity contribution in [2.45, 2.75) is 19.5 Å². The van der Waals surface area contributed by atoms with Crippen LogP contribution in [0, 0.1) is 0 Å². The van der Waals surface area contributed by atoms with E-state index in [0.717, 1.165) is 28.9 Å². The molecule has 6 nitrogen and oxygen atoms in total. The summed E-state index contributed by atoms with van der Waals surface area (Å²) in [6.07, 6.45) is 0.719. The topological polar surface area (TPSA) is 78.2 Å². The Labute approximate surface area is 145 Å². The molecule has 2 heterocycles. The lowest BCUT2D eigenvalue weighted by Crippen LogP contribution is -2.26. The number of para-hydroxylation sites is 1. The fourth-order valence-electron chi connectivity index (χ4n) is 3.13. The number of rotatable bonds is 4. The molecule has 0 saturated heterocycles. The molecule has 25 heavy (non-hydrogen) atoms. The van der Waals surface area contributed by atoms with Crippen molar-refractivity contribution in [3.63, 3.8) is 0 Å². The predicted molar refractivity (Wildman–Crippen MR) is 97.3 cm³/mol. The van der Waals surface area contributed by atoms with E-state index in [1.165, 1.54) is 4.68 Å². The molecule has 0 saturated carbocycles. The molecule has 0 bridgehead atoms. The quantitative estimate of drug-likeness (QED) is 0.790. The third-order valence-electron chi connectivity index (χ3n) is 4.31. The summed E-state index contributed by atoms with van der Waals surface area (Å²) in [7, 11) is 0. The van der Waals surface area contributed by atoms with Crippen LogP contribution in [0.15, 0.2) is 64.4 Å². The highest BCUT2D eigenvalue weighted by molar-refractivity contribution is 6.15. The monoisotopic (exact) mass is 333 g/mol. The van der Waals surface area contributed by atoms with Crippen LogP contribution >= 0.6 is 0 Å². The van der Waals surface area contributed by atoms with Gasteiger partial charge in [-0.05, 0) is 19.0 Å². The minimum Gasteiger partial charge on any atom is -0.330 e. The normalized spacial score (nSPS) is 12.9. The summed E-state index contributed by atoms with van der Waals surface area (Å²) in [5, 5.41) is 4.48. The number of hydrogen-bond acceptors (Lipinski definition) is 4. The Morgan fingerprint density at radius 2 is 1.80 bits per heavy atom. The summed E-state index contributed by atoms with van der Waals surface area (Å²) in [5.41, 5.74) is 9.10. The lowest BCUT2D eigenvalue weighted by Gasteiger charge is -2.10. The van der Waals surface area contributed by atoms with Crippen LogP contribution in [0.25, 0.3) is 5.69 Å². The Morgan fingerprint density at radius 1 is 1.04 bits per heavy atom. The molecule has 0 spiro atoms. The molecule has 1 aromatic heterocycles. The first-order valence-corrected chi connectivity index (χ1v) is 8.38. The molecule has 0 aliphatic carbocycles. The highest BCUT2D eigenvalue weighted by Crippen LogP contribution is 2.23. The van der Waals surface area contributed by atoms with E-state index in [1.54, 1.807) is 4.57 Å². The number of hydrogen-bond donors (Lipinski definition) is 1. The van der Waals surface area contributed by atoms with Crippen molar-refractivity contribution in [1.82, 2.24) is 14.3 Å². The van der Waals surface area contributed by atoms with E-state index in [9.17, 15) is 4.79 Å². The van der Waals surface area contributed by atoms with Crippen LogP contribution in [0.3, 0.4) is 0 Å². The van der Waals surface area contributed by atoms with Gasteiger partial charge < -0.3 is 5.73 Å². The highest BCUT2D eigenvalue weighted by atomic mass is 16.2. The summed E-state index contributed by atoms with van der Waals surface area (Å²) in [6, 6.07) is 17.9. The van der Waals surface area contributed by atoms with Gasteiger partial charge >= 0.3 is 5.69 Å². The minimum absolute atomic E-state index is 0.139. The van der Waals surface area contributed by atoms with E-state index >= 15 is 0 Å². The van der Waals surface area contributed by atoms with Crippen molar-refractivity contribution in [1.29, 1.82) is 0 Å². The maximum absolute atomic E-state index is 12.8. The summed E-state index contributed by atoms with van der Waals surface area (Å²) >= 11 is 0. The Bertz CT molecular complexity index is 985. The Hall–Kier alpha value is -2.99. The van der Waals surface area contributed by atoms with E-state index in [2.05, 4.69) is 5.10 Å². The number of aryl methyl sites for hydroxylation is 1. The molecular formula is C19H19N5O. The first-order valence-electron chi connectivity index (χ1n) is 8.38. The molecule has 2 N–H and O–H groups in total. The molecule has 0 unspecified atom stereocenters. The molecule has 6 heteroatoms. The van der Waals surface area contributed by atoms with E-state index in [1.807, 2.05) is 54.6 Å². The second-order valence-corrected chi connectivity index (χ2v) is 5.95. The van der Waals surface area contributed by atoms with Gasteiger partial charge in [-0.25, -0.2) is 14.0 Å². The van der Waals surface area contributed by atoms with Crippen molar-refractivity contribution in [2.24, 2.45) is 10.7 Å². The number of aromatic nitrogens is 3. The van der Waals surface area contributed by atoms with E-state index in [-0.39, 0.29) is 5.69 Å². The van der Waals surface area contributed by atoms with Crippen LogP contribution in [-0.4, -0.2) is 26.6 Å². The van der Waals surface area contributed by atoms with Crippen molar-refractivity contribution < 1.29 is 0 Å². The lowest BCUT2D eigenvalue weighted by atomic mass is 10.0. The van der Waals surface area contributed by atoms with Gasteiger partial charge in [0.15, 0.2) is 5.82 Å². The molecule has 4 rings (SSSR count). The molecule has 126 valence electrons. The van der Waals surface area contributed by atoms with Crippen LogP contribution in [0.2, 0.25) is 0 Å². The molecule has 1 aliphatic heterocycles. The summed E-state index contributed by atoms with van der Waals surface area (Å²) in [5.74, 6) is 0.653. The number of benzene rings is 2. The minimum atomic E-state index is -0.139. The third kappa shape index (κ3) is 2.70. The average Bonchev–Trinajstić information content (AvgIpc) is 2.87. The largest absolute Gasteiger partial charge is 0.350 e. The van der Waals surface area contributed by atoms with Gasteiger partial charge in [-0.1, -0.05) is 48.5 Å². The number of nitrogens with zero attached hydrogens (tertiary/aromatic N) is 4.